The number of rotatable bonds is 6. The van der Waals surface area contributed by atoms with Crippen LogP contribution in [0.1, 0.15) is 30.4 Å². The molecule has 0 aliphatic heterocycles. The van der Waals surface area contributed by atoms with Gasteiger partial charge >= 0.3 is 5.97 Å². The molecule has 0 saturated carbocycles. The molecule has 4 heteroatoms. The van der Waals surface area contributed by atoms with Crippen LogP contribution in [0.15, 0.2) is 54.6 Å². The highest BCUT2D eigenvalue weighted by Gasteiger charge is 2.22. The fourth-order valence-electron chi connectivity index (χ4n) is 3.10. The lowest BCUT2D eigenvalue weighted by atomic mass is 10.0. The Morgan fingerprint density at radius 1 is 0.920 bits per heavy atom. The predicted octanol–water partition coefficient (Wildman–Crippen LogP) is 3.56. The van der Waals surface area contributed by atoms with Gasteiger partial charge in [0.1, 0.15) is 0 Å². The first-order valence-corrected chi connectivity index (χ1v) is 8.46. The lowest BCUT2D eigenvalue weighted by Gasteiger charge is -2.05. The van der Waals surface area contributed by atoms with Gasteiger partial charge in [-0.25, -0.2) is 0 Å². The van der Waals surface area contributed by atoms with Crippen molar-refractivity contribution in [2.45, 2.75) is 19.3 Å². The third kappa shape index (κ3) is 3.79. The van der Waals surface area contributed by atoms with Gasteiger partial charge in [-0.15, -0.1) is 0 Å². The van der Waals surface area contributed by atoms with Gasteiger partial charge in [0.05, 0.1) is 7.11 Å². The zero-order chi connectivity index (χ0) is 17.6. The van der Waals surface area contributed by atoms with E-state index in [2.05, 4.69) is 22.2 Å². The number of nitrogens with one attached hydrogen (secondary N) is 1. The number of esters is 1. The largest absolute Gasteiger partial charge is 0.469 e. The number of ether oxygens (including phenoxy) is 1. The molecule has 1 amide bonds. The van der Waals surface area contributed by atoms with Crippen molar-refractivity contribution in [1.82, 2.24) is 5.32 Å². The third-order valence-corrected chi connectivity index (χ3v) is 4.33. The quantitative estimate of drug-likeness (QED) is 0.426. The topological polar surface area (TPSA) is 55.4 Å². The molecule has 1 aliphatic rings. The number of hydrogen-bond acceptors (Lipinski definition) is 3. The molecule has 0 saturated heterocycles. The molecule has 0 fully saturated rings. The van der Waals surface area contributed by atoms with Crippen LogP contribution in [-0.2, 0) is 14.3 Å². The minimum absolute atomic E-state index is 0.112. The molecule has 0 heterocycles. The SMILES string of the molecule is COC(=O)CCCCNC(=O)C=C1c2ccccc2-c2ccccc21. The molecule has 2 aromatic carbocycles. The second-order valence-electron chi connectivity index (χ2n) is 5.97. The van der Waals surface area contributed by atoms with Crippen LogP contribution < -0.4 is 5.32 Å². The maximum Gasteiger partial charge on any atom is 0.305 e. The number of carbonyl (C=O) groups is 2. The summed E-state index contributed by atoms with van der Waals surface area (Å²) >= 11 is 0. The Morgan fingerprint density at radius 3 is 2.04 bits per heavy atom. The highest BCUT2D eigenvalue weighted by molar-refractivity contribution is 6.08. The summed E-state index contributed by atoms with van der Waals surface area (Å²) in [5.41, 5.74) is 5.46. The normalized spacial score (nSPS) is 11.5. The van der Waals surface area contributed by atoms with Crippen molar-refractivity contribution in [1.29, 1.82) is 0 Å². The number of amides is 1. The lowest BCUT2D eigenvalue weighted by Crippen LogP contribution is -2.22. The van der Waals surface area contributed by atoms with Gasteiger partial charge in [-0.05, 0) is 40.7 Å². The number of benzene rings is 2. The lowest BCUT2D eigenvalue weighted by molar-refractivity contribution is -0.140. The summed E-state index contributed by atoms with van der Waals surface area (Å²) in [6.45, 7) is 0.545. The van der Waals surface area contributed by atoms with Crippen molar-refractivity contribution in [2.24, 2.45) is 0 Å². The van der Waals surface area contributed by atoms with Crippen LogP contribution in [0, 0.1) is 0 Å². The molecular formula is C21H21NO3. The molecule has 1 aliphatic carbocycles. The summed E-state index contributed by atoms with van der Waals surface area (Å²) in [6.07, 6.45) is 3.51. The fourth-order valence-corrected chi connectivity index (χ4v) is 3.10. The second kappa shape index (κ2) is 7.79. The van der Waals surface area contributed by atoms with Crippen LogP contribution in [0.5, 0.6) is 0 Å². The van der Waals surface area contributed by atoms with E-state index in [9.17, 15) is 9.59 Å². The van der Waals surface area contributed by atoms with E-state index in [1.165, 1.54) is 7.11 Å². The zero-order valence-corrected chi connectivity index (χ0v) is 14.2. The molecule has 0 radical (unpaired) electrons. The molecular weight excluding hydrogens is 314 g/mol. The van der Waals surface area contributed by atoms with Crippen LogP contribution in [0.3, 0.4) is 0 Å². The van der Waals surface area contributed by atoms with E-state index >= 15 is 0 Å². The maximum atomic E-state index is 12.3. The summed E-state index contributed by atoms with van der Waals surface area (Å²) in [4.78, 5) is 23.3. The van der Waals surface area contributed by atoms with Crippen LogP contribution >= 0.6 is 0 Å². The van der Waals surface area contributed by atoms with E-state index < -0.39 is 0 Å². The average Bonchev–Trinajstić information content (AvgIpc) is 2.95. The molecule has 3 rings (SSSR count). The Hall–Kier alpha value is -2.88. The molecule has 0 spiro atoms. The minimum Gasteiger partial charge on any atom is -0.469 e. The summed E-state index contributed by atoms with van der Waals surface area (Å²) < 4.78 is 4.60. The molecule has 128 valence electrons. The molecule has 0 aromatic heterocycles. The number of methoxy groups -OCH3 is 1. The molecule has 0 atom stereocenters. The molecule has 0 bridgehead atoms. The third-order valence-electron chi connectivity index (χ3n) is 4.33. The number of carbonyl (C=O) groups excluding carboxylic acids is 2. The van der Waals surface area contributed by atoms with E-state index in [-0.39, 0.29) is 11.9 Å². The summed E-state index contributed by atoms with van der Waals surface area (Å²) in [6, 6.07) is 16.3. The standard InChI is InChI=1S/C21H21NO3/c1-25-21(24)12-6-7-13-22-20(23)14-19-17-10-4-2-8-15(17)16-9-3-5-11-18(16)19/h2-5,8-11,14H,6-7,12-13H2,1H3,(H,22,23). The van der Waals surface area contributed by atoms with Gasteiger partial charge in [-0.1, -0.05) is 48.5 Å². The van der Waals surface area contributed by atoms with Gasteiger partial charge < -0.3 is 10.1 Å². The number of fused-ring (bicyclic) bond motifs is 3. The van der Waals surface area contributed by atoms with Crippen molar-refractivity contribution in [3.05, 3.63) is 65.7 Å². The molecule has 25 heavy (non-hydrogen) atoms. The van der Waals surface area contributed by atoms with Gasteiger partial charge in [0.25, 0.3) is 0 Å². The molecule has 4 nitrogen and oxygen atoms in total. The maximum absolute atomic E-state index is 12.3. The van der Waals surface area contributed by atoms with Gasteiger partial charge in [0, 0.05) is 19.0 Å². The van der Waals surface area contributed by atoms with E-state index in [4.69, 9.17) is 0 Å². The first-order valence-electron chi connectivity index (χ1n) is 8.46. The number of unbranched alkanes of at least 4 members (excludes halogenated alkanes) is 1. The van der Waals surface area contributed by atoms with Crippen molar-refractivity contribution in [2.75, 3.05) is 13.7 Å². The van der Waals surface area contributed by atoms with Crippen molar-refractivity contribution < 1.29 is 14.3 Å². The molecule has 2 aromatic rings. The van der Waals surface area contributed by atoms with Gasteiger partial charge in [-0.3, -0.25) is 9.59 Å². The van der Waals surface area contributed by atoms with Crippen molar-refractivity contribution in [3.63, 3.8) is 0 Å². The number of hydrogen-bond donors (Lipinski definition) is 1. The van der Waals surface area contributed by atoms with Crippen molar-refractivity contribution in [3.8, 4) is 11.1 Å². The average molecular weight is 335 g/mol. The predicted molar refractivity (Wildman–Crippen MR) is 97.8 cm³/mol. The summed E-state index contributed by atoms with van der Waals surface area (Å²) in [5.74, 6) is -0.327. The summed E-state index contributed by atoms with van der Waals surface area (Å²) in [5, 5.41) is 2.90. The van der Waals surface area contributed by atoms with Gasteiger partial charge in [-0.2, -0.15) is 0 Å². The second-order valence-corrected chi connectivity index (χ2v) is 5.97. The fraction of sp³-hybridized carbons (Fsp3) is 0.238. The molecule has 0 unspecified atom stereocenters. The summed E-state index contributed by atoms with van der Waals surface area (Å²) in [7, 11) is 1.38. The zero-order valence-electron chi connectivity index (χ0n) is 14.2. The monoisotopic (exact) mass is 335 g/mol. The van der Waals surface area contributed by atoms with E-state index in [1.807, 2.05) is 36.4 Å². The van der Waals surface area contributed by atoms with Gasteiger partial charge in [0.15, 0.2) is 0 Å². The van der Waals surface area contributed by atoms with E-state index in [1.54, 1.807) is 6.08 Å². The van der Waals surface area contributed by atoms with Crippen LogP contribution in [-0.4, -0.2) is 25.5 Å². The first kappa shape index (κ1) is 17.0. The highest BCUT2D eigenvalue weighted by atomic mass is 16.5. The Morgan fingerprint density at radius 2 is 1.48 bits per heavy atom. The van der Waals surface area contributed by atoms with E-state index in [0.29, 0.717) is 19.4 Å². The Balaban J connectivity index is 1.67. The smallest absolute Gasteiger partial charge is 0.305 e. The highest BCUT2D eigenvalue weighted by Crippen LogP contribution is 2.43. The van der Waals surface area contributed by atoms with E-state index in [0.717, 1.165) is 34.2 Å². The Labute approximate surface area is 147 Å². The van der Waals surface area contributed by atoms with Crippen molar-refractivity contribution >= 4 is 17.4 Å². The van der Waals surface area contributed by atoms with Crippen LogP contribution in [0.2, 0.25) is 0 Å². The Kier molecular flexibility index (Phi) is 5.29. The minimum atomic E-state index is -0.215. The first-order chi connectivity index (χ1) is 12.2. The Bertz CT molecular complexity index is 776. The van der Waals surface area contributed by atoms with Gasteiger partial charge in [0.2, 0.25) is 5.91 Å². The van der Waals surface area contributed by atoms with Crippen LogP contribution in [0.25, 0.3) is 16.7 Å². The molecule has 1 N–H and O–H groups in total. The van der Waals surface area contributed by atoms with Crippen LogP contribution in [0.4, 0.5) is 0 Å².